The number of nitrogens with one attached hydrogen (secondary N) is 1. The Morgan fingerprint density at radius 2 is 2.47 bits per heavy atom. The summed E-state index contributed by atoms with van der Waals surface area (Å²) in [6.45, 7) is 3.95. The number of pyridine rings is 1. The summed E-state index contributed by atoms with van der Waals surface area (Å²) >= 11 is 0. The molecular formula is C13H18FN3O2. The Kier molecular flexibility index (Phi) is 4.68. The molecule has 1 N–H and O–H groups in total. The smallest absolute Gasteiger partial charge is 0.245 e. The molecule has 1 aromatic heterocycles. The number of morpholine rings is 1. The van der Waals surface area contributed by atoms with Crippen LogP contribution in [0.25, 0.3) is 0 Å². The Bertz CT molecular complexity index is 442. The number of aromatic nitrogens is 1. The molecule has 1 unspecified atom stereocenters. The van der Waals surface area contributed by atoms with Gasteiger partial charge in [0.1, 0.15) is 11.9 Å². The van der Waals surface area contributed by atoms with Crippen LogP contribution in [0.5, 0.6) is 0 Å². The van der Waals surface area contributed by atoms with E-state index in [0.29, 0.717) is 32.1 Å². The standard InChI is InChI=1S/C13H18FN3O2/c1-2-6-15-13(18)10-9-19-8-7-17(10)12-5-3-4-11(14)16-12/h3-5,10H,2,6-9H2,1H3,(H,15,18). The Balaban J connectivity index is 2.13. The SMILES string of the molecule is CCCNC(=O)C1COCCN1c1cccc(F)n1. The predicted octanol–water partition coefficient (Wildman–Crippen LogP) is 0.952. The molecule has 19 heavy (non-hydrogen) atoms. The lowest BCUT2D eigenvalue weighted by atomic mass is 10.2. The van der Waals surface area contributed by atoms with Gasteiger partial charge < -0.3 is 15.0 Å². The zero-order chi connectivity index (χ0) is 13.7. The van der Waals surface area contributed by atoms with Crippen LogP contribution in [0.2, 0.25) is 0 Å². The van der Waals surface area contributed by atoms with Gasteiger partial charge in [0.25, 0.3) is 0 Å². The summed E-state index contributed by atoms with van der Waals surface area (Å²) in [6.07, 6.45) is 0.873. The number of amides is 1. The average molecular weight is 267 g/mol. The first kappa shape index (κ1) is 13.7. The number of anilines is 1. The molecule has 2 rings (SSSR count). The molecule has 0 aromatic carbocycles. The minimum atomic E-state index is -0.545. The fourth-order valence-corrected chi connectivity index (χ4v) is 2.02. The second kappa shape index (κ2) is 6.47. The van der Waals surface area contributed by atoms with E-state index in [1.807, 2.05) is 6.92 Å². The van der Waals surface area contributed by atoms with E-state index in [4.69, 9.17) is 4.74 Å². The van der Waals surface area contributed by atoms with Crippen LogP contribution in [0.3, 0.4) is 0 Å². The zero-order valence-corrected chi connectivity index (χ0v) is 10.9. The minimum Gasteiger partial charge on any atom is -0.377 e. The highest BCUT2D eigenvalue weighted by Gasteiger charge is 2.30. The van der Waals surface area contributed by atoms with E-state index >= 15 is 0 Å². The Morgan fingerprint density at radius 1 is 1.63 bits per heavy atom. The van der Waals surface area contributed by atoms with Crippen LogP contribution in [-0.2, 0) is 9.53 Å². The number of ether oxygens (including phenoxy) is 1. The van der Waals surface area contributed by atoms with Crippen molar-refractivity contribution in [1.29, 1.82) is 0 Å². The third kappa shape index (κ3) is 3.41. The first-order valence-corrected chi connectivity index (χ1v) is 6.47. The van der Waals surface area contributed by atoms with E-state index in [9.17, 15) is 9.18 Å². The average Bonchev–Trinajstić information content (AvgIpc) is 2.45. The fraction of sp³-hybridized carbons (Fsp3) is 0.538. The lowest BCUT2D eigenvalue weighted by molar-refractivity contribution is -0.124. The minimum absolute atomic E-state index is 0.104. The second-order valence-corrected chi connectivity index (χ2v) is 4.39. The number of rotatable bonds is 4. The molecule has 5 nitrogen and oxygen atoms in total. The summed E-state index contributed by atoms with van der Waals surface area (Å²) in [6, 6.07) is 4.13. The van der Waals surface area contributed by atoms with Crippen molar-refractivity contribution in [1.82, 2.24) is 10.3 Å². The van der Waals surface area contributed by atoms with Crippen molar-refractivity contribution in [2.75, 3.05) is 31.2 Å². The molecule has 6 heteroatoms. The van der Waals surface area contributed by atoms with Crippen molar-refractivity contribution >= 4 is 11.7 Å². The van der Waals surface area contributed by atoms with Gasteiger partial charge in [0.2, 0.25) is 11.9 Å². The third-order valence-corrected chi connectivity index (χ3v) is 2.98. The van der Waals surface area contributed by atoms with E-state index in [2.05, 4.69) is 10.3 Å². The second-order valence-electron chi connectivity index (χ2n) is 4.39. The monoisotopic (exact) mass is 267 g/mol. The quantitative estimate of drug-likeness (QED) is 0.825. The van der Waals surface area contributed by atoms with Crippen LogP contribution >= 0.6 is 0 Å². The maximum Gasteiger partial charge on any atom is 0.245 e. The van der Waals surface area contributed by atoms with E-state index in [0.717, 1.165) is 6.42 Å². The van der Waals surface area contributed by atoms with E-state index in [1.54, 1.807) is 17.0 Å². The van der Waals surface area contributed by atoms with Crippen molar-refractivity contribution in [3.8, 4) is 0 Å². The summed E-state index contributed by atoms with van der Waals surface area (Å²) in [4.78, 5) is 17.7. The molecule has 1 aliphatic rings. The number of hydrogen-bond donors (Lipinski definition) is 1. The van der Waals surface area contributed by atoms with Crippen molar-refractivity contribution in [2.45, 2.75) is 19.4 Å². The first-order valence-electron chi connectivity index (χ1n) is 6.47. The molecule has 0 bridgehead atoms. The van der Waals surface area contributed by atoms with Crippen LogP contribution in [0, 0.1) is 5.95 Å². The van der Waals surface area contributed by atoms with Gasteiger partial charge in [-0.3, -0.25) is 4.79 Å². The maximum atomic E-state index is 13.2. The molecule has 0 aliphatic carbocycles. The maximum absolute atomic E-state index is 13.2. The van der Waals surface area contributed by atoms with Crippen molar-refractivity contribution < 1.29 is 13.9 Å². The lowest BCUT2D eigenvalue weighted by Crippen LogP contribution is -2.54. The van der Waals surface area contributed by atoms with Gasteiger partial charge in [-0.05, 0) is 18.6 Å². The van der Waals surface area contributed by atoms with Crippen molar-refractivity contribution in [2.24, 2.45) is 0 Å². The Hall–Kier alpha value is -1.69. The van der Waals surface area contributed by atoms with Gasteiger partial charge in [0.05, 0.1) is 13.2 Å². The van der Waals surface area contributed by atoms with Gasteiger partial charge in [-0.15, -0.1) is 0 Å². The Labute approximate surface area is 111 Å². The highest BCUT2D eigenvalue weighted by atomic mass is 19.1. The lowest BCUT2D eigenvalue weighted by Gasteiger charge is -2.35. The molecule has 0 radical (unpaired) electrons. The van der Waals surface area contributed by atoms with Crippen LogP contribution in [0.4, 0.5) is 10.2 Å². The van der Waals surface area contributed by atoms with Crippen molar-refractivity contribution in [3.63, 3.8) is 0 Å². The zero-order valence-electron chi connectivity index (χ0n) is 10.9. The summed E-state index contributed by atoms with van der Waals surface area (Å²) in [5.41, 5.74) is 0. The van der Waals surface area contributed by atoms with Gasteiger partial charge in [-0.25, -0.2) is 4.98 Å². The summed E-state index contributed by atoms with van der Waals surface area (Å²) in [5, 5.41) is 2.83. The largest absolute Gasteiger partial charge is 0.377 e. The number of hydrogen-bond acceptors (Lipinski definition) is 4. The summed E-state index contributed by atoms with van der Waals surface area (Å²) in [7, 11) is 0. The van der Waals surface area contributed by atoms with Gasteiger partial charge >= 0.3 is 0 Å². The van der Waals surface area contributed by atoms with Gasteiger partial charge in [0, 0.05) is 13.1 Å². The van der Waals surface area contributed by atoms with Crippen LogP contribution in [0.1, 0.15) is 13.3 Å². The highest BCUT2D eigenvalue weighted by molar-refractivity contribution is 5.85. The van der Waals surface area contributed by atoms with Gasteiger partial charge in [-0.1, -0.05) is 13.0 Å². The normalized spacial score (nSPS) is 19.3. The number of halogens is 1. The molecule has 1 amide bonds. The summed E-state index contributed by atoms with van der Waals surface area (Å²) in [5.74, 6) is -0.177. The molecule has 104 valence electrons. The molecule has 0 saturated carbocycles. The van der Waals surface area contributed by atoms with E-state index < -0.39 is 12.0 Å². The molecule has 1 aromatic rings. The van der Waals surface area contributed by atoms with E-state index in [1.165, 1.54) is 6.07 Å². The van der Waals surface area contributed by atoms with Crippen LogP contribution in [0.15, 0.2) is 18.2 Å². The highest BCUT2D eigenvalue weighted by Crippen LogP contribution is 2.17. The molecule has 0 spiro atoms. The van der Waals surface area contributed by atoms with Gasteiger partial charge in [-0.2, -0.15) is 4.39 Å². The summed E-state index contributed by atoms with van der Waals surface area (Å²) < 4.78 is 18.5. The number of nitrogens with zero attached hydrogens (tertiary/aromatic N) is 2. The van der Waals surface area contributed by atoms with Gasteiger partial charge in [0.15, 0.2) is 0 Å². The topological polar surface area (TPSA) is 54.5 Å². The number of carbonyl (C=O) groups excluding carboxylic acids is 1. The molecule has 1 fully saturated rings. The number of carbonyl (C=O) groups is 1. The van der Waals surface area contributed by atoms with E-state index in [-0.39, 0.29) is 5.91 Å². The van der Waals surface area contributed by atoms with Crippen LogP contribution in [-0.4, -0.2) is 43.2 Å². The fourth-order valence-electron chi connectivity index (χ4n) is 2.02. The molecular weight excluding hydrogens is 249 g/mol. The molecule has 2 heterocycles. The molecule has 1 atom stereocenters. The molecule has 1 saturated heterocycles. The van der Waals surface area contributed by atoms with Crippen molar-refractivity contribution in [3.05, 3.63) is 24.1 Å². The predicted molar refractivity (Wildman–Crippen MR) is 69.4 cm³/mol. The first-order chi connectivity index (χ1) is 9.22. The Morgan fingerprint density at radius 3 is 3.21 bits per heavy atom. The van der Waals surface area contributed by atoms with Crippen LogP contribution < -0.4 is 10.2 Å². The molecule has 1 aliphatic heterocycles. The third-order valence-electron chi connectivity index (χ3n) is 2.98.